The zero-order chi connectivity index (χ0) is 18.4. The van der Waals surface area contributed by atoms with E-state index in [9.17, 15) is 4.39 Å². The molecule has 0 spiro atoms. The number of hydrogen-bond donors (Lipinski definition) is 1. The molecule has 0 amide bonds. The van der Waals surface area contributed by atoms with Gasteiger partial charge in [0.1, 0.15) is 11.4 Å². The quantitative estimate of drug-likeness (QED) is 0.609. The van der Waals surface area contributed by atoms with Gasteiger partial charge in [-0.15, -0.1) is 0 Å². The molecule has 0 aliphatic rings. The number of halogens is 1. The molecule has 0 fully saturated rings. The number of fused-ring (bicyclic) bond motifs is 2. The van der Waals surface area contributed by atoms with E-state index in [0.717, 1.165) is 0 Å². The number of ether oxygens (including phenoxy) is 1. The van der Waals surface area contributed by atoms with Crippen molar-refractivity contribution in [2.75, 3.05) is 19.1 Å². The molecule has 4 aromatic heterocycles. The predicted octanol–water partition coefficient (Wildman–Crippen LogP) is 3.26. The number of methoxy groups -OCH3 is 1. The first-order valence-electron chi connectivity index (χ1n) is 8.28. The Morgan fingerprint density at radius 2 is 2.12 bits per heavy atom. The van der Waals surface area contributed by atoms with Crippen LogP contribution in [0.15, 0.2) is 30.6 Å². The van der Waals surface area contributed by atoms with Crippen molar-refractivity contribution in [3.8, 4) is 17.0 Å². The summed E-state index contributed by atoms with van der Waals surface area (Å²) in [5.41, 5.74) is 2.07. The van der Waals surface area contributed by atoms with Crippen LogP contribution in [0.25, 0.3) is 27.8 Å². The normalized spacial score (nSPS) is 11.6. The van der Waals surface area contributed by atoms with Crippen molar-refractivity contribution >= 4 is 22.4 Å². The third kappa shape index (κ3) is 2.45. The summed E-state index contributed by atoms with van der Waals surface area (Å²) in [5, 5.41) is 12.1. The van der Waals surface area contributed by atoms with Crippen LogP contribution >= 0.6 is 0 Å². The first-order valence-corrected chi connectivity index (χ1v) is 8.28. The average molecular weight is 354 g/mol. The van der Waals surface area contributed by atoms with E-state index in [1.807, 2.05) is 25.8 Å². The van der Waals surface area contributed by atoms with Gasteiger partial charge in [-0.1, -0.05) is 0 Å². The van der Waals surface area contributed by atoms with Gasteiger partial charge in [-0.05, 0) is 26.0 Å². The molecular weight excluding hydrogens is 335 g/mol. The largest absolute Gasteiger partial charge is 0.497 e. The third-order valence-electron chi connectivity index (χ3n) is 4.58. The second-order valence-electron chi connectivity index (χ2n) is 6.42. The summed E-state index contributed by atoms with van der Waals surface area (Å²) in [5.74, 6) is 0.924. The van der Waals surface area contributed by atoms with E-state index in [1.54, 1.807) is 36.2 Å². The highest BCUT2D eigenvalue weighted by Gasteiger charge is 2.19. The second-order valence-corrected chi connectivity index (χ2v) is 6.42. The molecule has 0 aliphatic carbocycles. The number of aromatic amines is 1. The fourth-order valence-corrected chi connectivity index (χ4v) is 2.88. The molecule has 1 N–H and O–H groups in total. The monoisotopic (exact) mass is 354 g/mol. The molecule has 0 bridgehead atoms. The Balaban J connectivity index is 1.89. The lowest BCUT2D eigenvalue weighted by Gasteiger charge is -2.21. The fourth-order valence-electron chi connectivity index (χ4n) is 2.88. The molecule has 26 heavy (non-hydrogen) atoms. The number of anilines is 1. The van der Waals surface area contributed by atoms with Gasteiger partial charge in [0.25, 0.3) is 0 Å². The van der Waals surface area contributed by atoms with E-state index in [2.05, 4.69) is 20.3 Å². The van der Waals surface area contributed by atoms with Gasteiger partial charge in [-0.2, -0.15) is 10.2 Å². The van der Waals surface area contributed by atoms with Gasteiger partial charge in [-0.25, -0.2) is 13.9 Å². The molecule has 134 valence electrons. The van der Waals surface area contributed by atoms with Gasteiger partial charge < -0.3 is 9.64 Å². The van der Waals surface area contributed by atoms with E-state index in [1.165, 1.54) is 6.07 Å². The van der Waals surface area contributed by atoms with Crippen molar-refractivity contribution in [1.82, 2.24) is 24.8 Å². The zero-order valence-electron chi connectivity index (χ0n) is 15.0. The molecule has 0 unspecified atom stereocenters. The Hall–Kier alpha value is -3.16. The lowest BCUT2D eigenvalue weighted by molar-refractivity contribution is 0.414. The van der Waals surface area contributed by atoms with Crippen LogP contribution in [0.3, 0.4) is 0 Å². The summed E-state index contributed by atoms with van der Waals surface area (Å²) in [6.45, 7) is 4.09. The molecule has 0 saturated carbocycles. The highest BCUT2D eigenvalue weighted by atomic mass is 19.1. The Kier molecular flexibility index (Phi) is 3.75. The van der Waals surface area contributed by atoms with Gasteiger partial charge in [0, 0.05) is 30.9 Å². The first-order chi connectivity index (χ1) is 12.5. The van der Waals surface area contributed by atoms with Crippen LogP contribution in [-0.2, 0) is 0 Å². The molecule has 0 atom stereocenters. The van der Waals surface area contributed by atoms with Gasteiger partial charge >= 0.3 is 0 Å². The Morgan fingerprint density at radius 3 is 2.85 bits per heavy atom. The van der Waals surface area contributed by atoms with Crippen LogP contribution in [0.1, 0.15) is 13.8 Å². The van der Waals surface area contributed by atoms with Crippen molar-refractivity contribution in [2.45, 2.75) is 19.9 Å². The van der Waals surface area contributed by atoms with Gasteiger partial charge in [0.05, 0.1) is 24.2 Å². The summed E-state index contributed by atoms with van der Waals surface area (Å²) < 4.78 is 21.8. The lowest BCUT2D eigenvalue weighted by Crippen LogP contribution is -2.26. The number of H-pyrrole nitrogens is 1. The van der Waals surface area contributed by atoms with Gasteiger partial charge in [0.2, 0.25) is 0 Å². The minimum Gasteiger partial charge on any atom is -0.497 e. The SMILES string of the molecule is COc1ccn2ncc(-c3nc4[nH]nc(N(C)C(C)C)c4cc3F)c2c1. The van der Waals surface area contributed by atoms with Gasteiger partial charge in [0.15, 0.2) is 17.3 Å². The molecular formula is C18H19FN6O. The van der Waals surface area contributed by atoms with E-state index in [0.29, 0.717) is 33.7 Å². The lowest BCUT2D eigenvalue weighted by atomic mass is 10.1. The molecule has 4 rings (SSSR count). The minimum atomic E-state index is -0.421. The van der Waals surface area contributed by atoms with Crippen LogP contribution in [-0.4, -0.2) is 45.0 Å². The van der Waals surface area contributed by atoms with Crippen molar-refractivity contribution in [2.24, 2.45) is 0 Å². The van der Waals surface area contributed by atoms with Crippen LogP contribution in [0, 0.1) is 5.82 Å². The second kappa shape index (κ2) is 5.98. The topological polar surface area (TPSA) is 71.3 Å². The van der Waals surface area contributed by atoms with Crippen LogP contribution in [0.2, 0.25) is 0 Å². The summed E-state index contributed by atoms with van der Waals surface area (Å²) in [6, 6.07) is 5.30. The number of aromatic nitrogens is 5. The molecule has 7 nitrogen and oxygen atoms in total. The molecule has 8 heteroatoms. The molecule has 4 heterocycles. The molecule has 0 radical (unpaired) electrons. The van der Waals surface area contributed by atoms with E-state index < -0.39 is 5.82 Å². The van der Waals surface area contributed by atoms with Gasteiger partial charge in [-0.3, -0.25) is 5.10 Å². The highest BCUT2D eigenvalue weighted by Crippen LogP contribution is 2.31. The Labute approximate surface area is 149 Å². The maximum atomic E-state index is 14.9. The number of hydrogen-bond acceptors (Lipinski definition) is 5. The summed E-state index contributed by atoms with van der Waals surface area (Å²) in [4.78, 5) is 6.44. The van der Waals surface area contributed by atoms with Crippen LogP contribution in [0.5, 0.6) is 5.75 Å². The average Bonchev–Trinajstić information content (AvgIpc) is 3.23. The number of nitrogens with zero attached hydrogens (tertiary/aromatic N) is 5. The molecule has 0 saturated heterocycles. The predicted molar refractivity (Wildman–Crippen MR) is 98.1 cm³/mol. The van der Waals surface area contributed by atoms with Crippen LogP contribution < -0.4 is 9.64 Å². The number of pyridine rings is 2. The maximum Gasteiger partial charge on any atom is 0.160 e. The third-order valence-corrected chi connectivity index (χ3v) is 4.58. The minimum absolute atomic E-state index is 0.225. The molecule has 0 aliphatic heterocycles. The number of nitrogens with one attached hydrogen (secondary N) is 1. The summed E-state index contributed by atoms with van der Waals surface area (Å²) >= 11 is 0. The number of rotatable bonds is 4. The van der Waals surface area contributed by atoms with Crippen molar-refractivity contribution in [3.63, 3.8) is 0 Å². The van der Waals surface area contributed by atoms with Crippen molar-refractivity contribution in [1.29, 1.82) is 0 Å². The Morgan fingerprint density at radius 1 is 1.31 bits per heavy atom. The van der Waals surface area contributed by atoms with E-state index in [-0.39, 0.29) is 11.7 Å². The molecule has 0 aromatic carbocycles. The smallest absolute Gasteiger partial charge is 0.160 e. The van der Waals surface area contributed by atoms with Crippen molar-refractivity contribution in [3.05, 3.63) is 36.4 Å². The van der Waals surface area contributed by atoms with E-state index >= 15 is 0 Å². The van der Waals surface area contributed by atoms with Crippen molar-refractivity contribution < 1.29 is 9.13 Å². The van der Waals surface area contributed by atoms with E-state index in [4.69, 9.17) is 4.74 Å². The maximum absolute atomic E-state index is 14.9. The standard InChI is InChI=1S/C18H19FN6O/c1-10(2)24(3)18-12-8-14(19)16(21-17(12)22-23-18)13-9-20-25-6-5-11(26-4)7-15(13)25/h5-10H,1-4H3,(H,21,22,23). The Bertz CT molecular complexity index is 1100. The highest BCUT2D eigenvalue weighted by molar-refractivity contribution is 5.91. The van der Waals surface area contributed by atoms with Crippen LogP contribution in [0.4, 0.5) is 10.2 Å². The molecule has 4 aromatic rings. The summed E-state index contributed by atoms with van der Waals surface area (Å²) in [6.07, 6.45) is 3.36. The first kappa shape index (κ1) is 16.3. The zero-order valence-corrected chi connectivity index (χ0v) is 15.0. The fraction of sp³-hybridized carbons (Fsp3) is 0.278. The summed E-state index contributed by atoms with van der Waals surface area (Å²) in [7, 11) is 3.51.